The molecule has 0 fully saturated rings. The van der Waals surface area contributed by atoms with Crippen molar-refractivity contribution >= 4 is 5.71 Å². The predicted molar refractivity (Wildman–Crippen MR) is 142 cm³/mol. The number of nitrogens with two attached hydrogens (primary N) is 1. The molecule has 4 atom stereocenters. The first-order chi connectivity index (χ1) is 17.1. The standard InChI is InChI=1S/C28H42N5O2.U/c1-4-32(3)18-20-34-19-9-8-17-33-30-16-14-26(31-33)28-22-25(27(35-28)13-10-15-29)23(2)21-24-11-6-5-7-12-24;/h5-9,11-12,14,16-17,22-23,25,27,33H,4,10,13,15,18-21,29H2,1-3H3;/q-1;/b9-8-;/t23-,25?,27?;/m0./s1. The Morgan fingerprint density at radius 1 is 1.33 bits per heavy atom. The van der Waals surface area contributed by atoms with E-state index in [1.165, 1.54) is 5.56 Å². The maximum Gasteiger partial charge on any atom is 0.157 e. The SMILES string of the molecule is CCN(C)CCOC/C=C\[CH-][NH+]1N=C(C2=CC([C@@H](C)Cc3ccccc3)C(CCCN)O2)C=C[N-]1.[U]. The van der Waals surface area contributed by atoms with Crippen LogP contribution in [0.1, 0.15) is 32.3 Å². The van der Waals surface area contributed by atoms with E-state index < -0.39 is 0 Å². The normalized spacial score (nSPS) is 22.0. The zero-order chi connectivity index (χ0) is 24.9. The molecule has 2 aliphatic rings. The second kappa shape index (κ2) is 17.1. The average Bonchev–Trinajstić information content (AvgIpc) is 3.32. The van der Waals surface area contributed by atoms with Gasteiger partial charge in [-0.3, -0.25) is 5.12 Å². The molecule has 7 nitrogen and oxygen atoms in total. The first-order valence-electron chi connectivity index (χ1n) is 12.8. The molecule has 0 bridgehead atoms. The molecule has 1 aromatic rings. The van der Waals surface area contributed by atoms with Gasteiger partial charge in [0.25, 0.3) is 0 Å². The first-order valence-corrected chi connectivity index (χ1v) is 12.8. The largest absolute Gasteiger partial charge is 0.488 e. The molecule has 0 amide bonds. The number of rotatable bonds is 15. The van der Waals surface area contributed by atoms with E-state index in [0.717, 1.165) is 50.4 Å². The molecule has 0 aromatic heterocycles. The van der Waals surface area contributed by atoms with Gasteiger partial charge in [0.1, 0.15) is 11.9 Å². The maximum atomic E-state index is 6.43. The fourth-order valence-electron chi connectivity index (χ4n) is 4.26. The van der Waals surface area contributed by atoms with Gasteiger partial charge in [-0.1, -0.05) is 49.3 Å². The molecule has 2 heterocycles. The summed E-state index contributed by atoms with van der Waals surface area (Å²) >= 11 is 0. The van der Waals surface area contributed by atoms with Crippen molar-refractivity contribution in [2.24, 2.45) is 22.7 Å². The van der Waals surface area contributed by atoms with Crippen LogP contribution in [0.5, 0.6) is 0 Å². The summed E-state index contributed by atoms with van der Waals surface area (Å²) < 4.78 is 12.1. The van der Waals surface area contributed by atoms with Gasteiger partial charge in [-0.05, 0) is 69.6 Å². The van der Waals surface area contributed by atoms with Gasteiger partial charge in [-0.15, -0.1) is 6.20 Å². The summed E-state index contributed by atoms with van der Waals surface area (Å²) in [4.78, 5) is 2.22. The Balaban J connectivity index is 0.00000456. The Labute approximate surface area is 241 Å². The molecule has 0 saturated heterocycles. The zero-order valence-corrected chi connectivity index (χ0v) is 26.1. The van der Waals surface area contributed by atoms with Gasteiger partial charge in [0.2, 0.25) is 0 Å². The van der Waals surface area contributed by atoms with Crippen molar-refractivity contribution in [3.63, 3.8) is 0 Å². The van der Waals surface area contributed by atoms with E-state index in [4.69, 9.17) is 20.3 Å². The number of quaternary nitrogens is 1. The molecule has 3 unspecified atom stereocenters. The molecule has 0 aliphatic carbocycles. The summed E-state index contributed by atoms with van der Waals surface area (Å²) in [6, 6.07) is 10.7. The molecule has 2 aliphatic heterocycles. The van der Waals surface area contributed by atoms with Gasteiger partial charge in [0.15, 0.2) is 5.71 Å². The van der Waals surface area contributed by atoms with E-state index in [-0.39, 0.29) is 37.2 Å². The van der Waals surface area contributed by atoms with Crippen molar-refractivity contribution in [3.8, 4) is 0 Å². The topological polar surface area (TPSA) is 78.6 Å². The summed E-state index contributed by atoms with van der Waals surface area (Å²) in [5.41, 5.74) is 12.4. The van der Waals surface area contributed by atoms with E-state index in [1.54, 1.807) is 6.20 Å². The van der Waals surface area contributed by atoms with Gasteiger partial charge < -0.3 is 25.5 Å². The third-order valence-corrected chi connectivity index (χ3v) is 6.48. The number of nitrogens with one attached hydrogen (secondary N) is 1. The van der Waals surface area contributed by atoms with Crippen molar-refractivity contribution in [2.45, 2.75) is 39.2 Å². The minimum atomic E-state index is 0. The minimum absolute atomic E-state index is 0. The van der Waals surface area contributed by atoms with Crippen molar-refractivity contribution < 1.29 is 45.7 Å². The van der Waals surface area contributed by atoms with Crippen LogP contribution in [0.4, 0.5) is 0 Å². The molecule has 196 valence electrons. The van der Waals surface area contributed by atoms with Gasteiger partial charge in [0.05, 0.1) is 6.61 Å². The summed E-state index contributed by atoms with van der Waals surface area (Å²) in [6.45, 7) is 10.3. The van der Waals surface area contributed by atoms with Gasteiger partial charge in [0, 0.05) is 50.2 Å². The van der Waals surface area contributed by atoms with Crippen LogP contribution in [0, 0.1) is 49.5 Å². The molecule has 0 saturated carbocycles. The van der Waals surface area contributed by atoms with Crippen LogP contribution < -0.4 is 10.9 Å². The van der Waals surface area contributed by atoms with Crippen LogP contribution in [0.25, 0.3) is 5.43 Å². The quantitative estimate of drug-likeness (QED) is 0.216. The number of likely N-dealkylation sites (N-methyl/N-ethyl adjacent to an activating group) is 1. The number of hydrogen-bond donors (Lipinski definition) is 2. The van der Waals surface area contributed by atoms with Crippen LogP contribution in [-0.4, -0.2) is 56.6 Å². The smallest absolute Gasteiger partial charge is 0.157 e. The number of hydrogen-bond acceptors (Lipinski definition) is 5. The fraction of sp³-hybridized carbons (Fsp3) is 0.500. The van der Waals surface area contributed by atoms with E-state index >= 15 is 0 Å². The van der Waals surface area contributed by atoms with E-state index in [9.17, 15) is 0 Å². The van der Waals surface area contributed by atoms with E-state index in [0.29, 0.717) is 30.1 Å². The van der Waals surface area contributed by atoms with Gasteiger partial charge in [-0.2, -0.15) is 6.08 Å². The molecule has 36 heavy (non-hydrogen) atoms. The fourth-order valence-corrected chi connectivity index (χ4v) is 4.26. The molecular formula is C28H42N5O2U-. The van der Waals surface area contributed by atoms with Crippen LogP contribution in [0.15, 0.2) is 71.7 Å². The predicted octanol–water partition coefficient (Wildman–Crippen LogP) is 3.25. The third kappa shape index (κ3) is 10.1. The van der Waals surface area contributed by atoms with Crippen molar-refractivity contribution in [2.75, 3.05) is 39.9 Å². The Hall–Kier alpha value is -1.53. The summed E-state index contributed by atoms with van der Waals surface area (Å²) in [6.07, 6.45) is 12.9. The van der Waals surface area contributed by atoms with Crippen LogP contribution in [0.2, 0.25) is 0 Å². The minimum Gasteiger partial charge on any atom is -0.488 e. The molecular weight excluding hydrogens is 676 g/mol. The molecule has 0 radical (unpaired) electrons. The monoisotopic (exact) mass is 718 g/mol. The summed E-state index contributed by atoms with van der Waals surface area (Å²) in [5.74, 6) is 1.62. The Kier molecular flexibility index (Phi) is 14.6. The number of allylic oxidation sites excluding steroid dienone is 1. The molecule has 8 heteroatoms. The summed E-state index contributed by atoms with van der Waals surface area (Å²) in [5, 5.41) is 5.39. The number of nitrogens with zero attached hydrogens (tertiary/aromatic N) is 3. The van der Waals surface area contributed by atoms with Crippen LogP contribution in [-0.2, 0) is 15.9 Å². The van der Waals surface area contributed by atoms with Gasteiger partial charge in [-0.25, -0.2) is 6.08 Å². The first kappa shape index (κ1) is 30.7. The Bertz CT molecular complexity index is 874. The van der Waals surface area contributed by atoms with Crippen molar-refractivity contribution in [1.82, 2.24) is 4.90 Å². The van der Waals surface area contributed by atoms with Gasteiger partial charge >= 0.3 is 0 Å². The maximum absolute atomic E-state index is 6.43. The van der Waals surface area contributed by atoms with Crippen LogP contribution in [0.3, 0.4) is 0 Å². The molecule has 3 rings (SSSR count). The Morgan fingerprint density at radius 3 is 2.89 bits per heavy atom. The van der Waals surface area contributed by atoms with Crippen molar-refractivity contribution in [3.05, 3.63) is 84.1 Å². The van der Waals surface area contributed by atoms with E-state index in [2.05, 4.69) is 67.6 Å². The third-order valence-electron chi connectivity index (χ3n) is 6.48. The molecule has 1 aromatic carbocycles. The van der Waals surface area contributed by atoms with E-state index in [1.807, 2.05) is 24.8 Å². The number of benzene rings is 1. The van der Waals surface area contributed by atoms with Crippen LogP contribution >= 0.6 is 0 Å². The zero-order valence-electron chi connectivity index (χ0n) is 22.0. The molecule has 3 N–H and O–H groups in total. The Morgan fingerprint density at radius 2 is 2.14 bits per heavy atom. The molecule has 0 spiro atoms. The second-order valence-electron chi connectivity index (χ2n) is 9.23. The second-order valence-corrected chi connectivity index (χ2v) is 9.23. The summed E-state index contributed by atoms with van der Waals surface area (Å²) in [7, 11) is 2.09. The number of ether oxygens (including phenoxy) is 2. The average molecular weight is 719 g/mol. The van der Waals surface area contributed by atoms with Crippen molar-refractivity contribution in [1.29, 1.82) is 0 Å².